The molecule has 3 rings (SSSR count). The van der Waals surface area contributed by atoms with Crippen LogP contribution in [-0.4, -0.2) is 42.2 Å². The molecule has 2 heterocycles. The van der Waals surface area contributed by atoms with Crippen LogP contribution in [0.4, 0.5) is 0 Å². The summed E-state index contributed by atoms with van der Waals surface area (Å²) in [5.74, 6) is 0.967. The highest BCUT2D eigenvalue weighted by molar-refractivity contribution is 5.77. The molecular formula is C19H24N2O4. The van der Waals surface area contributed by atoms with Gasteiger partial charge in [0.1, 0.15) is 5.76 Å². The summed E-state index contributed by atoms with van der Waals surface area (Å²) in [6.07, 6.45) is 5.25. The van der Waals surface area contributed by atoms with E-state index in [0.717, 1.165) is 18.8 Å². The maximum atomic E-state index is 12.1. The number of para-hydroxylation sites is 2. The lowest BCUT2D eigenvalue weighted by Gasteiger charge is -2.33. The number of carbonyl (C=O) groups excluding carboxylic acids is 1. The zero-order valence-corrected chi connectivity index (χ0v) is 14.2. The van der Waals surface area contributed by atoms with Crippen LogP contribution in [0.15, 0.2) is 47.1 Å². The Balaban J connectivity index is 1.53. The predicted molar refractivity (Wildman–Crippen MR) is 93.5 cm³/mol. The number of carbonyl (C=O) groups is 1. The zero-order chi connectivity index (χ0) is 17.5. The van der Waals surface area contributed by atoms with Crippen LogP contribution in [0.3, 0.4) is 0 Å². The van der Waals surface area contributed by atoms with Crippen molar-refractivity contribution >= 4 is 5.91 Å². The molecule has 2 aromatic rings. The van der Waals surface area contributed by atoms with Crippen molar-refractivity contribution in [3.63, 3.8) is 0 Å². The van der Waals surface area contributed by atoms with Crippen molar-refractivity contribution in [3.05, 3.63) is 48.4 Å². The molecule has 0 aliphatic carbocycles. The van der Waals surface area contributed by atoms with E-state index in [2.05, 4.69) is 10.2 Å². The number of nitrogens with zero attached hydrogens (tertiary/aromatic N) is 1. The van der Waals surface area contributed by atoms with Gasteiger partial charge in [0.2, 0.25) is 0 Å². The number of furan rings is 1. The van der Waals surface area contributed by atoms with E-state index < -0.39 is 0 Å². The molecule has 0 bridgehead atoms. The minimum Gasteiger partial charge on any atom is -0.504 e. The molecule has 0 radical (unpaired) electrons. The summed E-state index contributed by atoms with van der Waals surface area (Å²) < 4.78 is 10.9. The van der Waals surface area contributed by atoms with Crippen molar-refractivity contribution in [1.29, 1.82) is 0 Å². The van der Waals surface area contributed by atoms with Gasteiger partial charge in [0.25, 0.3) is 5.91 Å². The standard InChI is InChI=1S/C19H24N2O4/c22-16-7-2-3-8-18(16)25-14-19(23)20-13-15(17-9-6-12-24-17)21-10-4-1-5-11-21/h2-3,6-9,12,15,22H,1,4-5,10-11,13-14H2,(H,20,23). The second kappa shape index (κ2) is 8.58. The third kappa shape index (κ3) is 4.76. The van der Waals surface area contributed by atoms with Crippen LogP contribution in [0.25, 0.3) is 0 Å². The Morgan fingerprint density at radius 3 is 2.72 bits per heavy atom. The Morgan fingerprint density at radius 2 is 2.00 bits per heavy atom. The number of aromatic hydroxyl groups is 1. The molecule has 25 heavy (non-hydrogen) atoms. The SMILES string of the molecule is O=C(COc1ccccc1O)NCC(c1ccco1)N1CCCCC1. The Kier molecular flexibility index (Phi) is 5.95. The number of hydrogen-bond acceptors (Lipinski definition) is 5. The molecule has 1 aromatic carbocycles. The lowest BCUT2D eigenvalue weighted by atomic mass is 10.1. The van der Waals surface area contributed by atoms with E-state index in [4.69, 9.17) is 9.15 Å². The molecule has 1 atom stereocenters. The zero-order valence-electron chi connectivity index (χ0n) is 14.2. The monoisotopic (exact) mass is 344 g/mol. The molecule has 1 aromatic heterocycles. The van der Waals surface area contributed by atoms with Crippen LogP contribution in [-0.2, 0) is 4.79 Å². The number of phenols is 1. The van der Waals surface area contributed by atoms with E-state index in [1.807, 2.05) is 12.1 Å². The summed E-state index contributed by atoms with van der Waals surface area (Å²) in [6, 6.07) is 10.5. The second-order valence-electron chi connectivity index (χ2n) is 6.19. The van der Waals surface area contributed by atoms with Crippen LogP contribution in [0.2, 0.25) is 0 Å². The van der Waals surface area contributed by atoms with Crippen LogP contribution in [0.1, 0.15) is 31.1 Å². The minimum absolute atomic E-state index is 0.0251. The number of nitrogens with one attached hydrogen (secondary N) is 1. The largest absolute Gasteiger partial charge is 0.504 e. The van der Waals surface area contributed by atoms with Crippen LogP contribution in [0.5, 0.6) is 11.5 Å². The van der Waals surface area contributed by atoms with Gasteiger partial charge in [-0.1, -0.05) is 18.6 Å². The highest BCUT2D eigenvalue weighted by Crippen LogP contribution is 2.25. The highest BCUT2D eigenvalue weighted by Gasteiger charge is 2.24. The molecular weight excluding hydrogens is 320 g/mol. The molecule has 1 saturated heterocycles. The Bertz CT molecular complexity index is 666. The molecule has 1 amide bonds. The van der Waals surface area contributed by atoms with Gasteiger partial charge < -0.3 is 19.6 Å². The third-order valence-corrected chi connectivity index (χ3v) is 4.42. The first-order chi connectivity index (χ1) is 12.2. The molecule has 0 saturated carbocycles. The van der Waals surface area contributed by atoms with E-state index >= 15 is 0 Å². The van der Waals surface area contributed by atoms with Crippen molar-refractivity contribution in [2.45, 2.75) is 25.3 Å². The predicted octanol–water partition coefficient (Wildman–Crippen LogP) is 2.71. The number of phenolic OH excluding ortho intramolecular Hbond substituents is 1. The summed E-state index contributed by atoms with van der Waals surface area (Å²) in [6.45, 7) is 2.35. The van der Waals surface area contributed by atoms with Gasteiger partial charge in [-0.2, -0.15) is 0 Å². The average Bonchev–Trinajstić information content (AvgIpc) is 3.16. The summed E-state index contributed by atoms with van der Waals surface area (Å²) >= 11 is 0. The quantitative estimate of drug-likeness (QED) is 0.808. The van der Waals surface area contributed by atoms with Crippen LogP contribution >= 0.6 is 0 Å². The molecule has 6 nitrogen and oxygen atoms in total. The van der Waals surface area contributed by atoms with Crippen LogP contribution in [0, 0.1) is 0 Å². The number of ether oxygens (including phenoxy) is 1. The van der Waals surface area contributed by atoms with Crippen molar-refractivity contribution in [2.24, 2.45) is 0 Å². The van der Waals surface area contributed by atoms with E-state index in [1.54, 1.807) is 24.5 Å². The summed E-state index contributed by atoms with van der Waals surface area (Å²) in [7, 11) is 0. The number of piperidine rings is 1. The first-order valence-electron chi connectivity index (χ1n) is 8.69. The normalized spacial score (nSPS) is 16.3. The first kappa shape index (κ1) is 17.4. The van der Waals surface area contributed by atoms with E-state index in [0.29, 0.717) is 12.3 Å². The molecule has 2 N–H and O–H groups in total. The molecule has 134 valence electrons. The Morgan fingerprint density at radius 1 is 1.20 bits per heavy atom. The highest BCUT2D eigenvalue weighted by atomic mass is 16.5. The maximum absolute atomic E-state index is 12.1. The van der Waals surface area contributed by atoms with Gasteiger partial charge in [0.05, 0.1) is 12.3 Å². The average molecular weight is 344 g/mol. The summed E-state index contributed by atoms with van der Waals surface area (Å²) in [4.78, 5) is 14.5. The second-order valence-corrected chi connectivity index (χ2v) is 6.19. The van der Waals surface area contributed by atoms with Crippen molar-refractivity contribution in [1.82, 2.24) is 10.2 Å². The van der Waals surface area contributed by atoms with E-state index in [9.17, 15) is 9.90 Å². The van der Waals surface area contributed by atoms with E-state index in [1.165, 1.54) is 25.3 Å². The fourth-order valence-corrected chi connectivity index (χ4v) is 3.10. The molecule has 1 unspecified atom stereocenters. The molecule has 1 aliphatic rings. The summed E-state index contributed by atoms with van der Waals surface area (Å²) in [5, 5.41) is 12.6. The molecule has 1 aliphatic heterocycles. The smallest absolute Gasteiger partial charge is 0.258 e. The van der Waals surface area contributed by atoms with Crippen molar-refractivity contribution < 1.29 is 19.1 Å². The molecule has 0 spiro atoms. The van der Waals surface area contributed by atoms with Crippen molar-refractivity contribution in [3.8, 4) is 11.5 Å². The fourth-order valence-electron chi connectivity index (χ4n) is 3.10. The topological polar surface area (TPSA) is 74.9 Å². The van der Waals surface area contributed by atoms with Gasteiger partial charge in [-0.15, -0.1) is 0 Å². The van der Waals surface area contributed by atoms with Gasteiger partial charge in [0, 0.05) is 6.54 Å². The van der Waals surface area contributed by atoms with Gasteiger partial charge in [-0.05, 0) is 50.2 Å². The van der Waals surface area contributed by atoms with Gasteiger partial charge >= 0.3 is 0 Å². The first-order valence-corrected chi connectivity index (χ1v) is 8.69. The Labute approximate surface area is 147 Å². The number of amides is 1. The molecule has 6 heteroatoms. The lowest BCUT2D eigenvalue weighted by molar-refractivity contribution is -0.123. The van der Waals surface area contributed by atoms with Gasteiger partial charge in [0.15, 0.2) is 18.1 Å². The minimum atomic E-state index is -0.225. The third-order valence-electron chi connectivity index (χ3n) is 4.42. The van der Waals surface area contributed by atoms with E-state index in [-0.39, 0.29) is 24.3 Å². The number of likely N-dealkylation sites (tertiary alicyclic amines) is 1. The Hall–Kier alpha value is -2.47. The maximum Gasteiger partial charge on any atom is 0.258 e. The molecule has 1 fully saturated rings. The summed E-state index contributed by atoms with van der Waals surface area (Å²) in [5.41, 5.74) is 0. The fraction of sp³-hybridized carbons (Fsp3) is 0.421. The van der Waals surface area contributed by atoms with Gasteiger partial charge in [-0.25, -0.2) is 0 Å². The number of rotatable bonds is 7. The number of hydrogen-bond donors (Lipinski definition) is 2. The van der Waals surface area contributed by atoms with Crippen LogP contribution < -0.4 is 10.1 Å². The number of benzene rings is 1. The lowest BCUT2D eigenvalue weighted by Crippen LogP contribution is -2.41. The van der Waals surface area contributed by atoms with Crippen molar-refractivity contribution in [2.75, 3.05) is 26.2 Å². The van der Waals surface area contributed by atoms with Gasteiger partial charge in [-0.3, -0.25) is 9.69 Å².